The van der Waals surface area contributed by atoms with E-state index >= 15 is 0 Å². The number of nitrogens with zero attached hydrogens (tertiary/aromatic N) is 3. The molecule has 2 aromatic carbocycles. The van der Waals surface area contributed by atoms with Gasteiger partial charge in [0.1, 0.15) is 10.5 Å². The van der Waals surface area contributed by atoms with E-state index in [0.29, 0.717) is 41.4 Å². The van der Waals surface area contributed by atoms with E-state index < -0.39 is 0 Å². The third kappa shape index (κ3) is 4.98. The number of fused-ring (bicyclic) bond motifs is 1. The molecule has 1 atom stereocenters. The summed E-state index contributed by atoms with van der Waals surface area (Å²) in [7, 11) is 0. The van der Waals surface area contributed by atoms with Crippen LogP contribution in [-0.2, 0) is 17.9 Å². The van der Waals surface area contributed by atoms with E-state index in [-0.39, 0.29) is 29.7 Å². The maximum absolute atomic E-state index is 14.0. The number of halogens is 1. The fraction of sp³-hybridized carbons (Fsp3) is 0.296. The van der Waals surface area contributed by atoms with Crippen LogP contribution in [0.4, 0.5) is 10.3 Å². The van der Waals surface area contributed by atoms with Crippen LogP contribution in [0.2, 0.25) is 0 Å². The van der Waals surface area contributed by atoms with E-state index in [9.17, 15) is 14.0 Å². The molecule has 0 radical (unpaired) electrons. The molecule has 0 bridgehead atoms. The summed E-state index contributed by atoms with van der Waals surface area (Å²) in [5, 5.41) is 4.77. The first-order chi connectivity index (χ1) is 17.0. The molecule has 180 valence electrons. The molecule has 2 aromatic heterocycles. The Kier molecular flexibility index (Phi) is 6.63. The second-order valence-electron chi connectivity index (χ2n) is 9.02. The van der Waals surface area contributed by atoms with Gasteiger partial charge in [0, 0.05) is 25.2 Å². The fourth-order valence-electron chi connectivity index (χ4n) is 4.53. The van der Waals surface area contributed by atoms with Crippen LogP contribution >= 0.6 is 11.3 Å². The van der Waals surface area contributed by atoms with Crippen LogP contribution in [0, 0.1) is 18.7 Å². The van der Waals surface area contributed by atoms with Crippen molar-refractivity contribution in [3.63, 3.8) is 0 Å². The van der Waals surface area contributed by atoms with Crippen molar-refractivity contribution in [1.82, 2.24) is 14.9 Å². The molecule has 1 aliphatic heterocycles. The molecule has 0 aliphatic carbocycles. The molecule has 1 N–H and O–H groups in total. The highest BCUT2D eigenvalue weighted by Crippen LogP contribution is 2.25. The fourth-order valence-corrected chi connectivity index (χ4v) is 5.31. The molecule has 5 rings (SSSR count). The quantitative estimate of drug-likeness (QED) is 0.433. The molecule has 1 unspecified atom stereocenters. The van der Waals surface area contributed by atoms with Crippen LogP contribution < -0.4 is 15.8 Å². The van der Waals surface area contributed by atoms with Crippen molar-refractivity contribution in [3.8, 4) is 0 Å². The van der Waals surface area contributed by atoms with E-state index in [1.165, 1.54) is 17.4 Å². The monoisotopic (exact) mass is 490 g/mol. The minimum Gasteiger partial charge on any atom is -0.352 e. The van der Waals surface area contributed by atoms with Gasteiger partial charge in [-0.2, -0.15) is 0 Å². The second-order valence-corrected chi connectivity index (χ2v) is 9.93. The SMILES string of the molecule is Cc1ccc(Cn2c(N3CCCC(C(=O)NCc4ccccc4F)C3)nc3ccsc3c2=O)cc1. The lowest BCUT2D eigenvalue weighted by Gasteiger charge is -2.34. The maximum Gasteiger partial charge on any atom is 0.273 e. The van der Waals surface area contributed by atoms with Gasteiger partial charge in [-0.25, -0.2) is 9.37 Å². The summed E-state index contributed by atoms with van der Waals surface area (Å²) < 4.78 is 16.3. The summed E-state index contributed by atoms with van der Waals surface area (Å²) in [5.41, 5.74) is 3.26. The van der Waals surface area contributed by atoms with Crippen LogP contribution in [0.3, 0.4) is 0 Å². The number of carbonyl (C=O) groups is 1. The first-order valence-electron chi connectivity index (χ1n) is 11.8. The van der Waals surface area contributed by atoms with Gasteiger partial charge in [-0.3, -0.25) is 14.2 Å². The highest BCUT2D eigenvalue weighted by Gasteiger charge is 2.29. The van der Waals surface area contributed by atoms with Crippen molar-refractivity contribution in [2.45, 2.75) is 32.9 Å². The van der Waals surface area contributed by atoms with Gasteiger partial charge >= 0.3 is 0 Å². The van der Waals surface area contributed by atoms with E-state index in [1.54, 1.807) is 22.8 Å². The lowest BCUT2D eigenvalue weighted by molar-refractivity contribution is -0.125. The van der Waals surface area contributed by atoms with Gasteiger partial charge in [-0.1, -0.05) is 48.0 Å². The van der Waals surface area contributed by atoms with Crippen LogP contribution in [-0.4, -0.2) is 28.5 Å². The zero-order valence-electron chi connectivity index (χ0n) is 19.5. The molecular formula is C27H27FN4O2S. The molecule has 0 spiro atoms. The van der Waals surface area contributed by atoms with Gasteiger partial charge in [-0.15, -0.1) is 11.3 Å². The summed E-state index contributed by atoms with van der Waals surface area (Å²) >= 11 is 1.40. The molecule has 8 heteroatoms. The van der Waals surface area contributed by atoms with Crippen molar-refractivity contribution in [2.24, 2.45) is 5.92 Å². The smallest absolute Gasteiger partial charge is 0.273 e. The zero-order valence-corrected chi connectivity index (χ0v) is 20.4. The predicted octanol–water partition coefficient (Wildman–Crippen LogP) is 4.49. The first kappa shape index (κ1) is 23.2. The van der Waals surface area contributed by atoms with Gasteiger partial charge in [0.2, 0.25) is 11.9 Å². The molecule has 1 fully saturated rings. The molecule has 4 aromatic rings. The van der Waals surface area contributed by atoms with E-state index in [2.05, 4.69) is 5.32 Å². The summed E-state index contributed by atoms with van der Waals surface area (Å²) in [6.07, 6.45) is 1.54. The van der Waals surface area contributed by atoms with Gasteiger partial charge < -0.3 is 10.2 Å². The van der Waals surface area contributed by atoms with Gasteiger partial charge in [0.25, 0.3) is 5.56 Å². The number of anilines is 1. The highest BCUT2D eigenvalue weighted by atomic mass is 32.1. The molecule has 6 nitrogen and oxygen atoms in total. The highest BCUT2D eigenvalue weighted by molar-refractivity contribution is 7.17. The average molecular weight is 491 g/mol. The summed E-state index contributed by atoms with van der Waals surface area (Å²) in [6.45, 7) is 3.77. The largest absolute Gasteiger partial charge is 0.352 e. The number of amides is 1. The third-order valence-corrected chi connectivity index (χ3v) is 7.38. The average Bonchev–Trinajstić information content (AvgIpc) is 3.35. The Hall–Kier alpha value is -3.52. The van der Waals surface area contributed by atoms with Crippen molar-refractivity contribution in [3.05, 3.63) is 92.8 Å². The number of rotatable bonds is 6. The summed E-state index contributed by atoms with van der Waals surface area (Å²) in [6, 6.07) is 16.4. The standard InChI is InChI=1S/C27H27FN4O2S/c1-18-8-10-19(11-9-18)16-32-26(34)24-23(12-14-35-24)30-27(32)31-13-4-6-21(17-31)25(33)29-15-20-5-2-3-7-22(20)28/h2-3,5,7-12,14,21H,4,6,13,15-17H2,1H3,(H,29,33). The normalized spacial score (nSPS) is 15.9. The number of piperidine rings is 1. The van der Waals surface area contributed by atoms with Gasteiger partial charge in [0.15, 0.2) is 0 Å². The number of aromatic nitrogens is 2. The molecule has 3 heterocycles. The number of aryl methyl sites for hydroxylation is 1. The molecule has 1 aliphatic rings. The van der Waals surface area contributed by atoms with Crippen molar-refractivity contribution in [1.29, 1.82) is 0 Å². The van der Waals surface area contributed by atoms with E-state index in [4.69, 9.17) is 4.98 Å². The maximum atomic E-state index is 14.0. The Morgan fingerprint density at radius 2 is 1.97 bits per heavy atom. The topological polar surface area (TPSA) is 67.2 Å². The van der Waals surface area contributed by atoms with Crippen molar-refractivity contribution in [2.75, 3.05) is 18.0 Å². The van der Waals surface area contributed by atoms with E-state index in [1.807, 2.05) is 47.5 Å². The molecule has 0 saturated carbocycles. The number of thiophene rings is 1. The molecule has 1 amide bonds. The zero-order chi connectivity index (χ0) is 24.4. The minimum absolute atomic E-state index is 0.0632. The summed E-state index contributed by atoms with van der Waals surface area (Å²) in [5.74, 6) is -0.111. The molecule has 1 saturated heterocycles. The Labute approximate surface area is 207 Å². The predicted molar refractivity (Wildman–Crippen MR) is 137 cm³/mol. The Balaban J connectivity index is 1.39. The van der Waals surface area contributed by atoms with Crippen molar-refractivity contribution >= 4 is 33.4 Å². The Morgan fingerprint density at radius 3 is 2.77 bits per heavy atom. The molecular weight excluding hydrogens is 463 g/mol. The van der Waals surface area contributed by atoms with Crippen LogP contribution in [0.5, 0.6) is 0 Å². The molecule has 35 heavy (non-hydrogen) atoms. The Bertz CT molecular complexity index is 1410. The number of benzene rings is 2. The number of hydrogen-bond donors (Lipinski definition) is 1. The van der Waals surface area contributed by atoms with Gasteiger partial charge in [0.05, 0.1) is 18.0 Å². The lowest BCUT2D eigenvalue weighted by atomic mass is 9.97. The minimum atomic E-state index is -0.327. The lowest BCUT2D eigenvalue weighted by Crippen LogP contribution is -2.45. The van der Waals surface area contributed by atoms with E-state index in [0.717, 1.165) is 24.0 Å². The van der Waals surface area contributed by atoms with Crippen LogP contribution in [0.25, 0.3) is 10.2 Å². The second kappa shape index (κ2) is 10.00. The van der Waals surface area contributed by atoms with Crippen LogP contribution in [0.1, 0.15) is 29.5 Å². The first-order valence-corrected chi connectivity index (χ1v) is 12.7. The number of nitrogens with one attached hydrogen (secondary N) is 1. The number of carbonyl (C=O) groups excluding carboxylic acids is 1. The third-order valence-electron chi connectivity index (χ3n) is 6.49. The van der Waals surface area contributed by atoms with Crippen LogP contribution in [0.15, 0.2) is 64.8 Å². The van der Waals surface area contributed by atoms with Crippen molar-refractivity contribution < 1.29 is 9.18 Å². The van der Waals surface area contributed by atoms with Gasteiger partial charge in [-0.05, 0) is 42.8 Å². The Morgan fingerprint density at radius 1 is 1.17 bits per heavy atom. The number of hydrogen-bond acceptors (Lipinski definition) is 5. The summed E-state index contributed by atoms with van der Waals surface area (Å²) in [4.78, 5) is 33.3.